The summed E-state index contributed by atoms with van der Waals surface area (Å²) >= 11 is 0. The lowest BCUT2D eigenvalue weighted by Gasteiger charge is -2.29. The Morgan fingerprint density at radius 1 is 1.05 bits per heavy atom. The van der Waals surface area contributed by atoms with Crippen molar-refractivity contribution in [3.63, 3.8) is 0 Å². The lowest BCUT2D eigenvalue weighted by Crippen LogP contribution is -2.36. The lowest BCUT2D eigenvalue weighted by molar-refractivity contribution is -0.289. The molecule has 204 valence electrons. The minimum Gasteiger partial charge on any atom is -0.378 e. The van der Waals surface area contributed by atoms with E-state index in [-0.39, 0.29) is 5.69 Å². The second-order valence-corrected chi connectivity index (χ2v) is 8.70. The Labute approximate surface area is 220 Å². The van der Waals surface area contributed by atoms with Crippen LogP contribution in [0.3, 0.4) is 0 Å². The third-order valence-corrected chi connectivity index (χ3v) is 6.06. The Morgan fingerprint density at radius 3 is 2.44 bits per heavy atom. The van der Waals surface area contributed by atoms with Gasteiger partial charge in [0.05, 0.1) is 30.2 Å². The van der Waals surface area contributed by atoms with Gasteiger partial charge in [-0.2, -0.15) is 22.0 Å². The number of amides is 1. The van der Waals surface area contributed by atoms with E-state index in [1.54, 1.807) is 20.0 Å². The molecule has 12 heteroatoms. The first-order valence-electron chi connectivity index (χ1n) is 11.7. The molecular weight excluding hydrogens is 526 g/mol. The van der Waals surface area contributed by atoms with Gasteiger partial charge in [-0.1, -0.05) is 5.92 Å². The molecular formula is C27H22F6N4O2. The van der Waals surface area contributed by atoms with Crippen molar-refractivity contribution in [2.75, 3.05) is 36.5 Å². The predicted octanol–water partition coefficient (Wildman–Crippen LogP) is 5.71. The van der Waals surface area contributed by atoms with Crippen LogP contribution in [-0.4, -0.2) is 48.4 Å². The number of aromatic nitrogens is 2. The van der Waals surface area contributed by atoms with Crippen LogP contribution in [0, 0.1) is 24.6 Å². The first-order chi connectivity index (χ1) is 18.4. The van der Waals surface area contributed by atoms with Crippen molar-refractivity contribution < 1.29 is 35.9 Å². The fraction of sp³-hybridized carbons (Fsp3) is 0.296. The van der Waals surface area contributed by atoms with E-state index in [1.807, 2.05) is 6.07 Å². The second kappa shape index (κ2) is 10.9. The number of alkyl halides is 5. The van der Waals surface area contributed by atoms with Gasteiger partial charge in [0.15, 0.2) is 0 Å². The molecule has 0 saturated carbocycles. The highest BCUT2D eigenvalue weighted by Gasteiger charge is 2.59. The van der Waals surface area contributed by atoms with E-state index in [2.05, 4.69) is 32.0 Å². The van der Waals surface area contributed by atoms with Gasteiger partial charge < -0.3 is 15.0 Å². The number of pyridine rings is 2. The summed E-state index contributed by atoms with van der Waals surface area (Å²) < 4.78 is 86.0. The van der Waals surface area contributed by atoms with Crippen molar-refractivity contribution in [1.82, 2.24) is 9.97 Å². The van der Waals surface area contributed by atoms with E-state index in [0.717, 1.165) is 11.9 Å². The first-order valence-corrected chi connectivity index (χ1v) is 11.7. The summed E-state index contributed by atoms with van der Waals surface area (Å²) in [4.78, 5) is 22.6. The van der Waals surface area contributed by atoms with Crippen LogP contribution in [0.1, 0.15) is 34.1 Å². The standard InChI is InChI=1S/C27H22F6N4O2/c1-3-4-22-24(37-5-7-39-8-6-37)11-17(14-35-22)20-12-23(21(28)9-16(20)2)36-25(38)18-10-19(15-34-13-18)26(29,30)27(31,32)33/h9-15H,5-8H2,1-2H3,(H,36,38). The molecule has 1 aliphatic rings. The van der Waals surface area contributed by atoms with E-state index < -0.39 is 35.0 Å². The molecule has 0 aliphatic carbocycles. The number of carbonyl (C=O) groups is 1. The van der Waals surface area contributed by atoms with E-state index in [9.17, 15) is 31.1 Å². The molecule has 0 unspecified atom stereocenters. The molecule has 0 bridgehead atoms. The van der Waals surface area contributed by atoms with Crippen LogP contribution in [0.25, 0.3) is 11.1 Å². The van der Waals surface area contributed by atoms with Crippen LogP contribution in [0.2, 0.25) is 0 Å². The third-order valence-electron chi connectivity index (χ3n) is 6.06. The minimum atomic E-state index is -5.88. The Bertz CT molecular complexity index is 1460. The van der Waals surface area contributed by atoms with Crippen LogP contribution in [-0.2, 0) is 10.7 Å². The number of rotatable bonds is 5. The number of anilines is 2. The first kappa shape index (κ1) is 27.9. The molecule has 1 N–H and O–H groups in total. The zero-order valence-corrected chi connectivity index (χ0v) is 20.8. The summed E-state index contributed by atoms with van der Waals surface area (Å²) in [5, 5.41) is 2.24. The predicted molar refractivity (Wildman–Crippen MR) is 132 cm³/mol. The second-order valence-electron chi connectivity index (χ2n) is 8.70. The minimum absolute atomic E-state index is 0.307. The van der Waals surface area contributed by atoms with Crippen molar-refractivity contribution in [1.29, 1.82) is 0 Å². The Balaban J connectivity index is 1.68. The summed E-state index contributed by atoms with van der Waals surface area (Å²) in [6.07, 6.45) is -3.19. The van der Waals surface area contributed by atoms with E-state index >= 15 is 0 Å². The molecule has 1 saturated heterocycles. The molecule has 3 aromatic rings. The zero-order valence-electron chi connectivity index (χ0n) is 20.8. The fourth-order valence-corrected chi connectivity index (χ4v) is 4.03. The molecule has 2 aromatic heterocycles. The molecule has 6 nitrogen and oxygen atoms in total. The summed E-state index contributed by atoms with van der Waals surface area (Å²) in [6.45, 7) is 5.64. The molecule has 1 aliphatic heterocycles. The van der Waals surface area contributed by atoms with E-state index in [4.69, 9.17) is 4.74 Å². The van der Waals surface area contributed by atoms with Gasteiger partial charge in [0.2, 0.25) is 0 Å². The Hall–Kier alpha value is -4.11. The van der Waals surface area contributed by atoms with Gasteiger partial charge in [0.25, 0.3) is 5.91 Å². The van der Waals surface area contributed by atoms with Gasteiger partial charge in [-0.15, -0.1) is 0 Å². The van der Waals surface area contributed by atoms with E-state index in [1.165, 1.54) is 12.1 Å². The number of hydrogen-bond acceptors (Lipinski definition) is 5. The van der Waals surface area contributed by atoms with Crippen LogP contribution in [0.15, 0.2) is 42.9 Å². The molecule has 1 fully saturated rings. The smallest absolute Gasteiger partial charge is 0.378 e. The summed E-state index contributed by atoms with van der Waals surface area (Å²) in [5.74, 6) is -1.37. The summed E-state index contributed by atoms with van der Waals surface area (Å²) in [7, 11) is 0. The van der Waals surface area contributed by atoms with Crippen molar-refractivity contribution >= 4 is 17.3 Å². The largest absolute Gasteiger partial charge is 0.458 e. The number of morpholine rings is 1. The summed E-state index contributed by atoms with van der Waals surface area (Å²) in [6, 6.07) is 4.73. The lowest BCUT2D eigenvalue weighted by atomic mass is 9.99. The van der Waals surface area contributed by atoms with Gasteiger partial charge in [-0.25, -0.2) is 9.37 Å². The van der Waals surface area contributed by atoms with Gasteiger partial charge in [-0.05, 0) is 55.2 Å². The number of halogens is 6. The van der Waals surface area contributed by atoms with Crippen molar-refractivity contribution in [2.45, 2.75) is 25.9 Å². The summed E-state index contributed by atoms with van der Waals surface area (Å²) in [5.41, 5.74) is 0.524. The van der Waals surface area contributed by atoms with Gasteiger partial charge >= 0.3 is 12.1 Å². The van der Waals surface area contributed by atoms with Gasteiger partial charge in [-0.3, -0.25) is 9.78 Å². The third kappa shape index (κ3) is 5.83. The topological polar surface area (TPSA) is 67.4 Å². The molecule has 0 radical (unpaired) electrons. The maximum Gasteiger partial charge on any atom is 0.458 e. The Morgan fingerprint density at radius 2 is 1.77 bits per heavy atom. The number of benzene rings is 1. The molecule has 3 heterocycles. The maximum absolute atomic E-state index is 14.8. The number of hydrogen-bond donors (Lipinski definition) is 1. The van der Waals surface area contributed by atoms with Crippen LogP contribution in [0.4, 0.5) is 37.7 Å². The number of nitrogens with zero attached hydrogens (tertiary/aromatic N) is 3. The SMILES string of the molecule is CC#Cc1ncc(-c2cc(NC(=O)c3cncc(C(F)(F)C(F)(F)F)c3)c(F)cc2C)cc1N1CCOCC1. The van der Waals surface area contributed by atoms with Gasteiger partial charge in [0, 0.05) is 42.8 Å². The molecule has 4 rings (SSSR count). The number of ether oxygens (including phenoxy) is 1. The normalized spacial score (nSPS) is 14.0. The van der Waals surface area contributed by atoms with E-state index in [0.29, 0.717) is 61.0 Å². The molecule has 0 atom stereocenters. The molecule has 1 amide bonds. The monoisotopic (exact) mass is 548 g/mol. The quantitative estimate of drug-likeness (QED) is 0.327. The van der Waals surface area contributed by atoms with Crippen molar-refractivity contribution in [3.05, 3.63) is 71.1 Å². The van der Waals surface area contributed by atoms with Crippen LogP contribution < -0.4 is 10.2 Å². The van der Waals surface area contributed by atoms with Gasteiger partial charge in [0.1, 0.15) is 11.5 Å². The average molecular weight is 548 g/mol. The average Bonchev–Trinajstić information content (AvgIpc) is 2.90. The number of carbonyl (C=O) groups excluding carboxylic acids is 1. The Kier molecular flexibility index (Phi) is 7.83. The molecule has 0 spiro atoms. The zero-order chi connectivity index (χ0) is 28.4. The molecule has 1 aromatic carbocycles. The highest BCUT2D eigenvalue weighted by atomic mass is 19.4. The number of nitrogens with one attached hydrogen (secondary N) is 1. The highest BCUT2D eigenvalue weighted by molar-refractivity contribution is 6.04. The van der Waals surface area contributed by atoms with Crippen molar-refractivity contribution in [2.24, 2.45) is 0 Å². The fourth-order valence-electron chi connectivity index (χ4n) is 4.03. The van der Waals surface area contributed by atoms with Crippen LogP contribution >= 0.6 is 0 Å². The van der Waals surface area contributed by atoms with Crippen molar-refractivity contribution in [3.8, 4) is 23.0 Å². The highest BCUT2D eigenvalue weighted by Crippen LogP contribution is 2.43. The molecule has 39 heavy (non-hydrogen) atoms. The maximum atomic E-state index is 14.8. The number of aryl methyl sites for hydroxylation is 1. The van der Waals surface area contributed by atoms with Crippen LogP contribution in [0.5, 0.6) is 0 Å².